The Labute approximate surface area is 112 Å². The summed E-state index contributed by atoms with van der Waals surface area (Å²) in [6.07, 6.45) is 3.99. The lowest BCUT2D eigenvalue weighted by Gasteiger charge is -2.40. The van der Waals surface area contributed by atoms with Gasteiger partial charge in [-0.05, 0) is 43.1 Å². The lowest BCUT2D eigenvalue weighted by molar-refractivity contribution is 0.145. The van der Waals surface area contributed by atoms with Crippen LogP contribution in [-0.2, 0) is 0 Å². The van der Waals surface area contributed by atoms with Crippen molar-refractivity contribution in [2.75, 3.05) is 0 Å². The molecule has 1 saturated carbocycles. The quantitative estimate of drug-likeness (QED) is 0.823. The van der Waals surface area contributed by atoms with Crippen LogP contribution in [0.25, 0.3) is 0 Å². The van der Waals surface area contributed by atoms with E-state index in [-0.39, 0.29) is 0 Å². The molecule has 1 fully saturated rings. The van der Waals surface area contributed by atoms with Crippen molar-refractivity contribution in [3.63, 3.8) is 0 Å². The van der Waals surface area contributed by atoms with Crippen LogP contribution in [-0.4, -0.2) is 6.04 Å². The minimum atomic E-state index is 0.456. The van der Waals surface area contributed by atoms with E-state index in [9.17, 15) is 0 Å². The van der Waals surface area contributed by atoms with Gasteiger partial charge in [0.1, 0.15) is 0 Å². The molecule has 18 heavy (non-hydrogen) atoms. The molecule has 3 atom stereocenters. The average Bonchev–Trinajstić information content (AvgIpc) is 2.27. The fourth-order valence-electron chi connectivity index (χ4n) is 3.66. The van der Waals surface area contributed by atoms with E-state index in [1.807, 2.05) is 0 Å². The maximum Gasteiger partial charge on any atom is 0.0294 e. The third kappa shape index (κ3) is 3.58. The van der Waals surface area contributed by atoms with Crippen molar-refractivity contribution < 1.29 is 0 Å². The Morgan fingerprint density at radius 2 is 1.83 bits per heavy atom. The van der Waals surface area contributed by atoms with Gasteiger partial charge in [0.05, 0.1) is 0 Å². The van der Waals surface area contributed by atoms with Crippen LogP contribution in [0.3, 0.4) is 0 Å². The molecule has 0 spiro atoms. The van der Waals surface area contributed by atoms with Gasteiger partial charge in [-0.3, -0.25) is 0 Å². The highest BCUT2D eigenvalue weighted by molar-refractivity contribution is 5.18. The molecule has 1 heteroatoms. The Balaban J connectivity index is 1.97. The summed E-state index contributed by atoms with van der Waals surface area (Å²) in [6, 6.07) is 11.9. The zero-order chi connectivity index (χ0) is 13.2. The predicted molar refractivity (Wildman–Crippen MR) is 78.6 cm³/mol. The normalized spacial score (nSPS) is 28.9. The van der Waals surface area contributed by atoms with Gasteiger partial charge < -0.3 is 5.32 Å². The molecular weight excluding hydrogens is 218 g/mol. The standard InChI is InChI=1S/C17H27N/c1-13-10-16(12-17(3,4)11-13)18-14(2)15-8-6-5-7-9-15/h5-9,13-14,16,18H,10-12H2,1-4H3/t13?,14-,16?/m0/s1. The smallest absolute Gasteiger partial charge is 0.0294 e. The van der Waals surface area contributed by atoms with Gasteiger partial charge in [-0.2, -0.15) is 0 Å². The van der Waals surface area contributed by atoms with Crippen LogP contribution in [0.2, 0.25) is 0 Å². The van der Waals surface area contributed by atoms with Crippen molar-refractivity contribution in [1.82, 2.24) is 5.32 Å². The van der Waals surface area contributed by atoms with Crippen LogP contribution in [0, 0.1) is 11.3 Å². The molecule has 1 N–H and O–H groups in total. The second-order valence-electron chi connectivity index (χ2n) is 6.91. The first-order valence-electron chi connectivity index (χ1n) is 7.27. The molecule has 1 aromatic rings. The van der Waals surface area contributed by atoms with Crippen molar-refractivity contribution in [3.05, 3.63) is 35.9 Å². The van der Waals surface area contributed by atoms with E-state index in [1.54, 1.807) is 0 Å². The SMILES string of the molecule is CC1CC(N[C@@H](C)c2ccccc2)CC(C)(C)C1. The van der Waals surface area contributed by atoms with E-state index >= 15 is 0 Å². The predicted octanol–water partition coefficient (Wildman–Crippen LogP) is 4.55. The second kappa shape index (κ2) is 5.44. The second-order valence-corrected chi connectivity index (χ2v) is 6.91. The molecule has 1 aliphatic carbocycles. The van der Waals surface area contributed by atoms with Crippen LogP contribution in [0.5, 0.6) is 0 Å². The largest absolute Gasteiger partial charge is 0.307 e. The molecule has 1 nitrogen and oxygen atoms in total. The van der Waals surface area contributed by atoms with E-state index in [0.717, 1.165) is 5.92 Å². The molecule has 1 aromatic carbocycles. The van der Waals surface area contributed by atoms with Crippen LogP contribution < -0.4 is 5.32 Å². The Bertz CT molecular complexity index is 368. The van der Waals surface area contributed by atoms with E-state index < -0.39 is 0 Å². The average molecular weight is 245 g/mol. The third-order valence-electron chi connectivity index (χ3n) is 4.17. The van der Waals surface area contributed by atoms with Gasteiger partial charge in [-0.15, -0.1) is 0 Å². The fourth-order valence-corrected chi connectivity index (χ4v) is 3.66. The minimum Gasteiger partial charge on any atom is -0.307 e. The third-order valence-corrected chi connectivity index (χ3v) is 4.17. The molecule has 0 saturated heterocycles. The van der Waals surface area contributed by atoms with Crippen molar-refractivity contribution in [1.29, 1.82) is 0 Å². The summed E-state index contributed by atoms with van der Waals surface area (Å²) in [4.78, 5) is 0. The van der Waals surface area contributed by atoms with E-state index in [2.05, 4.69) is 63.3 Å². The van der Waals surface area contributed by atoms with Crippen molar-refractivity contribution in [2.45, 2.75) is 59.0 Å². The number of benzene rings is 1. The Morgan fingerprint density at radius 3 is 2.44 bits per heavy atom. The molecule has 2 rings (SSSR count). The highest BCUT2D eigenvalue weighted by Crippen LogP contribution is 2.39. The molecule has 0 amide bonds. The monoisotopic (exact) mass is 245 g/mol. The Kier molecular flexibility index (Phi) is 4.11. The summed E-state index contributed by atoms with van der Waals surface area (Å²) in [6.45, 7) is 9.49. The highest BCUT2D eigenvalue weighted by atomic mass is 14.9. The lowest BCUT2D eigenvalue weighted by Crippen LogP contribution is -2.41. The molecule has 0 radical (unpaired) electrons. The van der Waals surface area contributed by atoms with Gasteiger partial charge >= 0.3 is 0 Å². The highest BCUT2D eigenvalue weighted by Gasteiger charge is 2.32. The summed E-state index contributed by atoms with van der Waals surface area (Å²) >= 11 is 0. The first-order valence-corrected chi connectivity index (χ1v) is 7.27. The molecule has 0 aromatic heterocycles. The lowest BCUT2D eigenvalue weighted by atomic mass is 9.70. The van der Waals surface area contributed by atoms with Gasteiger partial charge in [0.25, 0.3) is 0 Å². The van der Waals surface area contributed by atoms with Gasteiger partial charge in [0.15, 0.2) is 0 Å². The first kappa shape index (κ1) is 13.6. The maximum absolute atomic E-state index is 3.82. The molecule has 0 aliphatic heterocycles. The van der Waals surface area contributed by atoms with Crippen molar-refractivity contribution in [3.8, 4) is 0 Å². The molecular formula is C17H27N. The summed E-state index contributed by atoms with van der Waals surface area (Å²) in [7, 11) is 0. The van der Waals surface area contributed by atoms with Crippen LogP contribution in [0.4, 0.5) is 0 Å². The summed E-state index contributed by atoms with van der Waals surface area (Å²) in [5.74, 6) is 0.842. The molecule has 0 heterocycles. The number of hydrogen-bond donors (Lipinski definition) is 1. The van der Waals surface area contributed by atoms with Gasteiger partial charge in [-0.1, -0.05) is 51.1 Å². The Morgan fingerprint density at radius 1 is 1.17 bits per heavy atom. The number of nitrogens with one attached hydrogen (secondary N) is 1. The molecule has 0 bridgehead atoms. The minimum absolute atomic E-state index is 0.456. The molecule has 100 valence electrons. The zero-order valence-electron chi connectivity index (χ0n) is 12.2. The van der Waals surface area contributed by atoms with E-state index in [1.165, 1.54) is 24.8 Å². The Hall–Kier alpha value is -0.820. The van der Waals surface area contributed by atoms with Crippen LogP contribution in [0.1, 0.15) is 58.6 Å². The van der Waals surface area contributed by atoms with Crippen LogP contribution in [0.15, 0.2) is 30.3 Å². The van der Waals surface area contributed by atoms with Crippen LogP contribution >= 0.6 is 0 Å². The van der Waals surface area contributed by atoms with E-state index in [4.69, 9.17) is 0 Å². The fraction of sp³-hybridized carbons (Fsp3) is 0.647. The number of rotatable bonds is 3. The maximum atomic E-state index is 3.82. The first-order chi connectivity index (χ1) is 8.46. The summed E-state index contributed by atoms with van der Waals surface area (Å²) < 4.78 is 0. The summed E-state index contributed by atoms with van der Waals surface area (Å²) in [5.41, 5.74) is 1.89. The van der Waals surface area contributed by atoms with Gasteiger partial charge in [0, 0.05) is 12.1 Å². The molecule has 2 unspecified atom stereocenters. The zero-order valence-corrected chi connectivity index (χ0v) is 12.2. The topological polar surface area (TPSA) is 12.0 Å². The summed E-state index contributed by atoms with van der Waals surface area (Å²) in [5, 5.41) is 3.82. The van der Waals surface area contributed by atoms with E-state index in [0.29, 0.717) is 17.5 Å². The number of hydrogen-bond acceptors (Lipinski definition) is 1. The van der Waals surface area contributed by atoms with Crippen molar-refractivity contribution >= 4 is 0 Å². The van der Waals surface area contributed by atoms with Gasteiger partial charge in [-0.25, -0.2) is 0 Å². The molecule has 1 aliphatic rings. The van der Waals surface area contributed by atoms with Crippen molar-refractivity contribution in [2.24, 2.45) is 11.3 Å². The van der Waals surface area contributed by atoms with Gasteiger partial charge in [0.2, 0.25) is 0 Å².